The molecule has 10 nitrogen and oxygen atoms in total. The highest BCUT2D eigenvalue weighted by atomic mass is 16.5. The average Bonchev–Trinajstić information content (AvgIpc) is 2.64. The first-order valence-corrected chi connectivity index (χ1v) is 8.65. The first kappa shape index (κ1) is 20.0. The first-order valence-electron chi connectivity index (χ1n) is 8.65. The number of fused-ring (bicyclic) bond motifs is 2. The van der Waals surface area contributed by atoms with E-state index >= 15 is 0 Å². The predicted molar refractivity (Wildman–Crippen MR) is 86.0 cm³/mol. The van der Waals surface area contributed by atoms with E-state index in [2.05, 4.69) is 18.9 Å². The van der Waals surface area contributed by atoms with E-state index in [1.807, 2.05) is 0 Å². The SMILES string of the molecule is COC(=O)[C@@H]1[C@@H](C(=O)OC)[C@H]2C(=O)[C@H]3[C@@H](C(=O)OC)[C@@H](C(=O)OC)[C@@H]3C(=O)[C@H]12. The summed E-state index contributed by atoms with van der Waals surface area (Å²) in [4.78, 5) is 74.9. The van der Waals surface area contributed by atoms with Crippen molar-refractivity contribution in [3.63, 3.8) is 0 Å². The number of carbonyl (C=O) groups excluding carboxylic acids is 6. The van der Waals surface area contributed by atoms with E-state index in [0.29, 0.717) is 0 Å². The molecule has 0 N–H and O–H groups in total. The second kappa shape index (κ2) is 6.99. The Labute approximate surface area is 159 Å². The van der Waals surface area contributed by atoms with Crippen molar-refractivity contribution in [1.29, 1.82) is 0 Å². The maximum absolute atomic E-state index is 13.1. The van der Waals surface area contributed by atoms with Crippen molar-refractivity contribution >= 4 is 35.4 Å². The van der Waals surface area contributed by atoms with Crippen LogP contribution in [-0.4, -0.2) is 63.9 Å². The molecule has 0 aromatic carbocycles. The smallest absolute Gasteiger partial charge is 0.310 e. The van der Waals surface area contributed by atoms with Crippen molar-refractivity contribution in [3.05, 3.63) is 0 Å². The summed E-state index contributed by atoms with van der Waals surface area (Å²) >= 11 is 0. The number of esters is 4. The minimum Gasteiger partial charge on any atom is -0.469 e. The van der Waals surface area contributed by atoms with Crippen molar-refractivity contribution in [2.75, 3.05) is 28.4 Å². The van der Waals surface area contributed by atoms with Crippen molar-refractivity contribution < 1.29 is 47.7 Å². The van der Waals surface area contributed by atoms with Gasteiger partial charge < -0.3 is 18.9 Å². The molecule has 3 aliphatic rings. The minimum atomic E-state index is -1.17. The summed E-state index contributed by atoms with van der Waals surface area (Å²) in [6.07, 6.45) is 0. The Bertz CT molecular complexity index is 646. The van der Waals surface area contributed by atoms with Crippen LogP contribution in [0, 0.1) is 47.3 Å². The number of hydrogen-bond acceptors (Lipinski definition) is 10. The molecule has 0 spiro atoms. The third-order valence-electron chi connectivity index (χ3n) is 6.30. The molecule has 152 valence electrons. The topological polar surface area (TPSA) is 139 Å². The molecular formula is C18H20O10. The number of rotatable bonds is 4. The zero-order valence-electron chi connectivity index (χ0n) is 15.7. The lowest BCUT2D eigenvalue weighted by atomic mass is 9.39. The molecule has 28 heavy (non-hydrogen) atoms. The zero-order valence-corrected chi connectivity index (χ0v) is 15.7. The zero-order chi connectivity index (χ0) is 20.9. The van der Waals surface area contributed by atoms with Crippen LogP contribution in [0.4, 0.5) is 0 Å². The number of hydrogen-bond donors (Lipinski definition) is 0. The standard InChI is InChI=1S/C18H20O10/c1-25-15(21)9-5-6(10(9)16(22)26-2)14(20)8-7(13(5)19)11(17(23)27-3)12(8)18(24)28-4/h5-12H,1-4H3/t5-,6-,7+,8+,9-,10-,11-,12+/m0/s1. The van der Waals surface area contributed by atoms with Gasteiger partial charge in [-0.1, -0.05) is 0 Å². The van der Waals surface area contributed by atoms with Crippen LogP contribution in [0.25, 0.3) is 0 Å². The van der Waals surface area contributed by atoms with Crippen LogP contribution in [0.3, 0.4) is 0 Å². The highest BCUT2D eigenvalue weighted by Gasteiger charge is 2.76. The fourth-order valence-electron chi connectivity index (χ4n) is 5.07. The maximum Gasteiger partial charge on any atom is 0.310 e. The van der Waals surface area contributed by atoms with Crippen molar-refractivity contribution in [3.8, 4) is 0 Å². The Morgan fingerprint density at radius 1 is 0.500 bits per heavy atom. The van der Waals surface area contributed by atoms with Crippen molar-refractivity contribution in [2.45, 2.75) is 0 Å². The largest absolute Gasteiger partial charge is 0.469 e. The van der Waals surface area contributed by atoms with Gasteiger partial charge in [0.1, 0.15) is 11.6 Å². The van der Waals surface area contributed by atoms with Crippen LogP contribution in [-0.2, 0) is 47.7 Å². The molecule has 0 aliphatic heterocycles. The van der Waals surface area contributed by atoms with Crippen LogP contribution in [0.15, 0.2) is 0 Å². The maximum atomic E-state index is 13.1. The molecule has 3 aliphatic carbocycles. The molecule has 8 atom stereocenters. The molecule has 0 saturated heterocycles. The van der Waals surface area contributed by atoms with E-state index in [4.69, 9.17) is 0 Å². The lowest BCUT2D eigenvalue weighted by Gasteiger charge is -2.59. The molecule has 3 fully saturated rings. The van der Waals surface area contributed by atoms with Gasteiger partial charge in [-0.3, -0.25) is 28.8 Å². The van der Waals surface area contributed by atoms with Crippen LogP contribution in [0.2, 0.25) is 0 Å². The summed E-state index contributed by atoms with van der Waals surface area (Å²) in [6.45, 7) is 0. The molecule has 0 radical (unpaired) electrons. The molecule has 0 aromatic heterocycles. The van der Waals surface area contributed by atoms with E-state index < -0.39 is 82.8 Å². The van der Waals surface area contributed by atoms with Gasteiger partial charge in [-0.2, -0.15) is 0 Å². The minimum absolute atomic E-state index is 0.527. The van der Waals surface area contributed by atoms with Gasteiger partial charge in [0.25, 0.3) is 0 Å². The summed E-state index contributed by atoms with van der Waals surface area (Å²) in [5.41, 5.74) is 0. The number of methoxy groups -OCH3 is 4. The lowest BCUT2D eigenvalue weighted by molar-refractivity contribution is -0.208. The monoisotopic (exact) mass is 396 g/mol. The summed E-state index contributed by atoms with van der Waals surface area (Å²) in [6, 6.07) is 0. The van der Waals surface area contributed by atoms with Crippen molar-refractivity contribution in [1.82, 2.24) is 0 Å². The van der Waals surface area contributed by atoms with Gasteiger partial charge in [0.2, 0.25) is 0 Å². The lowest BCUT2D eigenvalue weighted by Crippen LogP contribution is -2.73. The molecule has 0 amide bonds. The van der Waals surface area contributed by atoms with Gasteiger partial charge in [0, 0.05) is 23.7 Å². The molecule has 3 rings (SSSR count). The quantitative estimate of drug-likeness (QED) is 0.420. The van der Waals surface area contributed by atoms with E-state index in [-0.39, 0.29) is 0 Å². The Kier molecular flexibility index (Phi) is 4.99. The molecule has 10 heteroatoms. The number of ether oxygens (including phenoxy) is 4. The molecule has 3 saturated carbocycles. The van der Waals surface area contributed by atoms with Gasteiger partial charge in [0.05, 0.1) is 52.1 Å². The van der Waals surface area contributed by atoms with E-state index in [1.54, 1.807) is 0 Å². The summed E-state index contributed by atoms with van der Waals surface area (Å²) in [5, 5.41) is 0. The van der Waals surface area contributed by atoms with Gasteiger partial charge >= 0.3 is 23.9 Å². The summed E-state index contributed by atoms with van der Waals surface area (Å²) < 4.78 is 18.8. The van der Waals surface area contributed by atoms with Crippen molar-refractivity contribution in [2.24, 2.45) is 47.3 Å². The number of carbonyl (C=O) groups is 6. The molecule has 0 bridgehead atoms. The third kappa shape index (κ3) is 2.39. The molecule has 0 unspecified atom stereocenters. The molecule has 0 aromatic rings. The summed E-state index contributed by atoms with van der Waals surface area (Å²) in [7, 11) is 4.43. The predicted octanol–water partition coefficient (Wildman–Crippen LogP) is -1.21. The average molecular weight is 396 g/mol. The fourth-order valence-corrected chi connectivity index (χ4v) is 5.07. The Morgan fingerprint density at radius 2 is 0.679 bits per heavy atom. The normalized spacial score (nSPS) is 38.0. The van der Waals surface area contributed by atoms with Crippen LogP contribution < -0.4 is 0 Å². The van der Waals surface area contributed by atoms with Crippen LogP contribution in [0.1, 0.15) is 0 Å². The highest BCUT2D eigenvalue weighted by molar-refractivity contribution is 6.12. The Balaban J connectivity index is 2.02. The van der Waals surface area contributed by atoms with Gasteiger partial charge in [0.15, 0.2) is 0 Å². The molecular weight excluding hydrogens is 376 g/mol. The van der Waals surface area contributed by atoms with Crippen LogP contribution in [0.5, 0.6) is 0 Å². The van der Waals surface area contributed by atoms with E-state index in [0.717, 1.165) is 28.4 Å². The highest BCUT2D eigenvalue weighted by Crippen LogP contribution is 2.62. The Hall–Kier alpha value is -2.78. The molecule has 0 heterocycles. The third-order valence-corrected chi connectivity index (χ3v) is 6.30. The summed E-state index contributed by atoms with van der Waals surface area (Å²) in [5.74, 6) is -13.4. The Morgan fingerprint density at radius 3 is 0.821 bits per heavy atom. The van der Waals surface area contributed by atoms with Gasteiger partial charge in [-0.25, -0.2) is 0 Å². The van der Waals surface area contributed by atoms with Gasteiger partial charge in [-0.05, 0) is 0 Å². The number of Topliss-reactive ketones (excluding diaryl/α,β-unsaturated/α-hetero) is 2. The fraction of sp³-hybridized carbons (Fsp3) is 0.667. The van der Waals surface area contributed by atoms with E-state index in [9.17, 15) is 28.8 Å². The first-order chi connectivity index (χ1) is 13.3. The van der Waals surface area contributed by atoms with Gasteiger partial charge in [-0.15, -0.1) is 0 Å². The van der Waals surface area contributed by atoms with E-state index in [1.165, 1.54) is 0 Å². The second-order valence-corrected chi connectivity index (χ2v) is 7.10. The number of ketones is 2. The second-order valence-electron chi connectivity index (χ2n) is 7.10. The van der Waals surface area contributed by atoms with Crippen LogP contribution >= 0.6 is 0 Å².